The molecule has 0 N–H and O–H groups in total. The molecular weight excluding hydrogens is 404 g/mol. The third-order valence-electron chi connectivity index (χ3n) is 4.02. The van der Waals surface area contributed by atoms with Gasteiger partial charge in [-0.05, 0) is 51.2 Å². The Balaban J connectivity index is 1.98. The number of rotatable bonds is 5. The van der Waals surface area contributed by atoms with Crippen LogP contribution in [0.15, 0.2) is 56.7 Å². The number of hydrogen-bond donors (Lipinski definition) is 0. The van der Waals surface area contributed by atoms with Crippen LogP contribution in [0, 0.1) is 0 Å². The van der Waals surface area contributed by atoms with E-state index in [4.69, 9.17) is 9.47 Å². The number of epoxide rings is 1. The van der Waals surface area contributed by atoms with Gasteiger partial charge in [0.25, 0.3) is 0 Å². The lowest BCUT2D eigenvalue weighted by molar-refractivity contribution is 0.263. The number of halogens is 1. The molecule has 0 aliphatic carbocycles. The second-order valence-electron chi connectivity index (χ2n) is 7.11. The highest BCUT2D eigenvalue weighted by Crippen LogP contribution is 2.36. The topological polar surface area (TPSA) is 55.9 Å². The molecule has 3 rings (SSSR count). The lowest BCUT2D eigenvalue weighted by atomic mass is 9.87. The van der Waals surface area contributed by atoms with Crippen LogP contribution in [0.4, 0.5) is 0 Å². The van der Waals surface area contributed by atoms with Gasteiger partial charge in [-0.2, -0.15) is 0 Å². The summed E-state index contributed by atoms with van der Waals surface area (Å²) in [6.07, 6.45) is 0.154. The van der Waals surface area contributed by atoms with Crippen molar-refractivity contribution in [2.75, 3.05) is 13.2 Å². The molecule has 4 nitrogen and oxygen atoms in total. The molecule has 0 bridgehead atoms. The van der Waals surface area contributed by atoms with Crippen LogP contribution in [0.1, 0.15) is 26.3 Å². The molecule has 134 valence electrons. The normalized spacial score (nSPS) is 17.4. The Morgan fingerprint density at radius 1 is 1.16 bits per heavy atom. The molecule has 2 aromatic rings. The summed E-state index contributed by atoms with van der Waals surface area (Å²) in [5.41, 5.74) is 0.525. The quantitative estimate of drug-likeness (QED) is 0.669. The third kappa shape index (κ3) is 4.07. The zero-order chi connectivity index (χ0) is 18.2. The van der Waals surface area contributed by atoms with Crippen LogP contribution in [0.2, 0.25) is 0 Å². The van der Waals surface area contributed by atoms with Crippen LogP contribution < -0.4 is 4.74 Å². The largest absolute Gasteiger partial charge is 0.491 e. The molecule has 1 heterocycles. The van der Waals surface area contributed by atoms with Crippen LogP contribution in [0.5, 0.6) is 5.75 Å². The molecule has 6 heteroatoms. The Hall–Kier alpha value is -1.37. The fraction of sp³-hybridized carbons (Fsp3) is 0.368. The molecule has 1 atom stereocenters. The first-order valence-corrected chi connectivity index (χ1v) is 10.4. The predicted octanol–water partition coefficient (Wildman–Crippen LogP) is 4.36. The van der Waals surface area contributed by atoms with E-state index in [0.29, 0.717) is 21.7 Å². The van der Waals surface area contributed by atoms with E-state index in [-0.39, 0.29) is 16.4 Å². The van der Waals surface area contributed by atoms with Crippen molar-refractivity contribution in [2.24, 2.45) is 0 Å². The van der Waals surface area contributed by atoms with Crippen molar-refractivity contribution < 1.29 is 17.9 Å². The minimum absolute atomic E-state index is 0.154. The van der Waals surface area contributed by atoms with Gasteiger partial charge in [0.2, 0.25) is 9.84 Å². The molecule has 0 spiro atoms. The molecule has 1 saturated heterocycles. The van der Waals surface area contributed by atoms with Gasteiger partial charge >= 0.3 is 0 Å². The lowest BCUT2D eigenvalue weighted by Gasteiger charge is -2.23. The molecule has 2 aromatic carbocycles. The molecule has 1 aliphatic rings. The number of benzene rings is 2. The van der Waals surface area contributed by atoms with E-state index in [9.17, 15) is 8.42 Å². The number of ether oxygens (including phenoxy) is 2. The summed E-state index contributed by atoms with van der Waals surface area (Å²) in [4.78, 5) is 0.572. The molecule has 1 unspecified atom stereocenters. The van der Waals surface area contributed by atoms with E-state index in [1.807, 2.05) is 32.9 Å². The highest BCUT2D eigenvalue weighted by Gasteiger charge is 2.28. The summed E-state index contributed by atoms with van der Waals surface area (Å²) in [6, 6.07) is 12.1. The van der Waals surface area contributed by atoms with E-state index < -0.39 is 9.84 Å². The molecule has 1 fully saturated rings. The summed E-state index contributed by atoms with van der Waals surface area (Å²) in [5, 5.41) is 0. The smallest absolute Gasteiger partial charge is 0.208 e. The minimum atomic E-state index is -3.65. The minimum Gasteiger partial charge on any atom is -0.491 e. The molecule has 0 radical (unpaired) electrons. The van der Waals surface area contributed by atoms with Gasteiger partial charge in [-0.15, -0.1) is 0 Å². The first kappa shape index (κ1) is 18.4. The third-order valence-corrected chi connectivity index (χ3v) is 6.80. The zero-order valence-corrected chi connectivity index (χ0v) is 16.9. The number of hydrogen-bond acceptors (Lipinski definition) is 4. The van der Waals surface area contributed by atoms with Crippen molar-refractivity contribution >= 4 is 25.8 Å². The van der Waals surface area contributed by atoms with Crippen molar-refractivity contribution in [2.45, 2.75) is 42.1 Å². The van der Waals surface area contributed by atoms with Gasteiger partial charge in [-0.3, -0.25) is 0 Å². The molecule has 25 heavy (non-hydrogen) atoms. The molecular formula is C19H21BrO4S. The van der Waals surface area contributed by atoms with Crippen LogP contribution in [0.25, 0.3) is 0 Å². The molecule has 0 aromatic heterocycles. The summed E-state index contributed by atoms with van der Waals surface area (Å²) >= 11 is 3.39. The van der Waals surface area contributed by atoms with Gasteiger partial charge in [-0.1, -0.05) is 39.0 Å². The van der Waals surface area contributed by atoms with Gasteiger partial charge in [-0.25, -0.2) is 8.42 Å². The Labute approximate surface area is 157 Å². The second kappa shape index (κ2) is 6.74. The van der Waals surface area contributed by atoms with E-state index >= 15 is 0 Å². The zero-order valence-electron chi connectivity index (χ0n) is 14.5. The maximum Gasteiger partial charge on any atom is 0.208 e. The standard InChI is InChI=1S/C19H21BrO4S/c1-19(2,3)15-6-4-5-7-17(15)25(21,22)18-9-8-13(10-16(18)20)23-11-14-12-24-14/h4-10,14H,11-12H2,1-3H3. The van der Waals surface area contributed by atoms with Crippen molar-refractivity contribution in [3.8, 4) is 5.75 Å². The monoisotopic (exact) mass is 424 g/mol. The Morgan fingerprint density at radius 2 is 1.84 bits per heavy atom. The average molecular weight is 425 g/mol. The first-order chi connectivity index (χ1) is 11.7. The Morgan fingerprint density at radius 3 is 2.44 bits per heavy atom. The summed E-state index contributed by atoms with van der Waals surface area (Å²) < 4.78 is 37.6. The van der Waals surface area contributed by atoms with Crippen LogP contribution >= 0.6 is 15.9 Å². The molecule has 0 amide bonds. The van der Waals surface area contributed by atoms with Crippen LogP contribution in [0.3, 0.4) is 0 Å². The predicted molar refractivity (Wildman–Crippen MR) is 100.0 cm³/mol. The van der Waals surface area contributed by atoms with Crippen LogP contribution in [-0.2, 0) is 20.0 Å². The van der Waals surface area contributed by atoms with Gasteiger partial charge < -0.3 is 9.47 Å². The van der Waals surface area contributed by atoms with Gasteiger partial charge in [0.15, 0.2) is 0 Å². The van der Waals surface area contributed by atoms with Gasteiger partial charge in [0, 0.05) is 4.47 Å². The van der Waals surface area contributed by atoms with Crippen molar-refractivity contribution in [3.63, 3.8) is 0 Å². The maximum atomic E-state index is 13.2. The fourth-order valence-electron chi connectivity index (χ4n) is 2.58. The summed E-state index contributed by atoms with van der Waals surface area (Å²) in [6.45, 7) is 7.22. The van der Waals surface area contributed by atoms with Crippen molar-refractivity contribution in [3.05, 3.63) is 52.5 Å². The Kier molecular flexibility index (Phi) is 4.97. The summed E-state index contributed by atoms with van der Waals surface area (Å²) in [5.74, 6) is 0.616. The van der Waals surface area contributed by atoms with E-state index in [2.05, 4.69) is 15.9 Å². The van der Waals surface area contributed by atoms with Gasteiger partial charge in [0.1, 0.15) is 18.5 Å². The fourth-order valence-corrected chi connectivity index (χ4v) is 5.30. The highest BCUT2D eigenvalue weighted by atomic mass is 79.9. The summed E-state index contributed by atoms with van der Waals surface area (Å²) in [7, 11) is -3.65. The Bertz CT molecular complexity index is 881. The highest BCUT2D eigenvalue weighted by molar-refractivity contribution is 9.10. The first-order valence-electron chi connectivity index (χ1n) is 8.08. The lowest BCUT2D eigenvalue weighted by Crippen LogP contribution is -2.17. The molecule has 0 saturated carbocycles. The maximum absolute atomic E-state index is 13.2. The molecule has 1 aliphatic heterocycles. The average Bonchev–Trinajstić information content (AvgIpc) is 3.36. The van der Waals surface area contributed by atoms with E-state index in [1.165, 1.54) is 0 Å². The van der Waals surface area contributed by atoms with Crippen LogP contribution in [-0.4, -0.2) is 27.7 Å². The van der Waals surface area contributed by atoms with Crippen molar-refractivity contribution in [1.82, 2.24) is 0 Å². The van der Waals surface area contributed by atoms with E-state index in [1.54, 1.807) is 30.3 Å². The second-order valence-corrected chi connectivity index (χ2v) is 9.85. The SMILES string of the molecule is CC(C)(C)c1ccccc1S(=O)(=O)c1ccc(OCC2CO2)cc1Br. The number of sulfone groups is 1. The van der Waals surface area contributed by atoms with Gasteiger partial charge in [0.05, 0.1) is 16.4 Å². The van der Waals surface area contributed by atoms with Crippen molar-refractivity contribution in [1.29, 1.82) is 0 Å². The van der Waals surface area contributed by atoms with E-state index in [0.717, 1.165) is 12.2 Å².